The predicted molar refractivity (Wildman–Crippen MR) is 114 cm³/mol. The molecule has 0 radical (unpaired) electrons. The highest BCUT2D eigenvalue weighted by Crippen LogP contribution is 2.23. The van der Waals surface area contributed by atoms with Crippen molar-refractivity contribution >= 4 is 34.7 Å². The molecule has 1 heterocycles. The normalized spacial score (nSPS) is 11.3. The lowest BCUT2D eigenvalue weighted by Gasteiger charge is -2.13. The lowest BCUT2D eigenvalue weighted by atomic mass is 10.2. The van der Waals surface area contributed by atoms with Crippen LogP contribution in [0.5, 0.6) is 5.75 Å². The number of fused-ring (bicyclic) bond motifs is 1. The van der Waals surface area contributed by atoms with Crippen LogP contribution in [0.4, 0.5) is 4.39 Å². The van der Waals surface area contributed by atoms with Crippen molar-refractivity contribution in [1.29, 1.82) is 0 Å². The number of aromatic nitrogens is 2. The molecule has 3 aromatic carbocycles. The molecule has 0 saturated heterocycles. The first-order valence-electron chi connectivity index (χ1n) is 8.86. The van der Waals surface area contributed by atoms with E-state index in [1.807, 2.05) is 36.4 Å². The number of ether oxygens (including phenoxy) is 1. The fourth-order valence-electron chi connectivity index (χ4n) is 3.04. The Labute approximate surface area is 171 Å². The maximum absolute atomic E-state index is 13.5. The Morgan fingerprint density at radius 1 is 1.03 bits per heavy atom. The van der Waals surface area contributed by atoms with E-state index in [0.29, 0.717) is 22.4 Å². The van der Waals surface area contributed by atoms with Crippen molar-refractivity contribution in [3.63, 3.8) is 0 Å². The molecule has 0 aliphatic heterocycles. The average molecular weight is 407 g/mol. The predicted octanol–water partition coefficient (Wildman–Crippen LogP) is 5.36. The van der Waals surface area contributed by atoms with Gasteiger partial charge in [-0.1, -0.05) is 41.9 Å². The van der Waals surface area contributed by atoms with Crippen LogP contribution in [0.2, 0.25) is 5.02 Å². The van der Waals surface area contributed by atoms with E-state index in [-0.39, 0.29) is 10.6 Å². The highest BCUT2D eigenvalue weighted by Gasteiger charge is 2.14. The second kappa shape index (κ2) is 7.89. The van der Waals surface area contributed by atoms with Crippen molar-refractivity contribution in [2.75, 3.05) is 7.11 Å². The van der Waals surface area contributed by atoms with E-state index in [4.69, 9.17) is 16.3 Å². The average Bonchev–Trinajstić information content (AvgIpc) is 2.73. The molecule has 6 heteroatoms. The molecule has 144 valence electrons. The van der Waals surface area contributed by atoms with Crippen LogP contribution in [0.1, 0.15) is 11.4 Å². The van der Waals surface area contributed by atoms with Gasteiger partial charge in [-0.3, -0.25) is 9.36 Å². The molecule has 0 atom stereocenters. The van der Waals surface area contributed by atoms with E-state index in [1.54, 1.807) is 31.4 Å². The number of benzene rings is 3. The highest BCUT2D eigenvalue weighted by atomic mass is 35.5. The number of hydrogen-bond acceptors (Lipinski definition) is 3. The summed E-state index contributed by atoms with van der Waals surface area (Å²) in [6, 6.07) is 18.5. The summed E-state index contributed by atoms with van der Waals surface area (Å²) in [6.45, 7) is 0. The van der Waals surface area contributed by atoms with Gasteiger partial charge < -0.3 is 4.74 Å². The van der Waals surface area contributed by atoms with Crippen molar-refractivity contribution in [2.24, 2.45) is 0 Å². The Morgan fingerprint density at radius 2 is 1.79 bits per heavy atom. The molecule has 0 amide bonds. The summed E-state index contributed by atoms with van der Waals surface area (Å²) in [7, 11) is 1.61. The van der Waals surface area contributed by atoms with Crippen LogP contribution in [-0.4, -0.2) is 16.7 Å². The Morgan fingerprint density at radius 3 is 2.52 bits per heavy atom. The fourth-order valence-corrected chi connectivity index (χ4v) is 3.29. The van der Waals surface area contributed by atoms with Crippen molar-refractivity contribution in [3.8, 4) is 11.4 Å². The lowest BCUT2D eigenvalue weighted by Crippen LogP contribution is -2.22. The van der Waals surface area contributed by atoms with Crippen molar-refractivity contribution in [2.45, 2.75) is 0 Å². The van der Waals surface area contributed by atoms with Crippen LogP contribution in [0, 0.1) is 5.82 Å². The molecule has 0 aliphatic rings. The number of hydrogen-bond donors (Lipinski definition) is 0. The molecule has 1 aromatic heterocycles. The third-order valence-electron chi connectivity index (χ3n) is 4.49. The highest BCUT2D eigenvalue weighted by molar-refractivity contribution is 6.32. The van der Waals surface area contributed by atoms with E-state index in [1.165, 1.54) is 22.8 Å². The Bertz CT molecular complexity index is 1280. The summed E-state index contributed by atoms with van der Waals surface area (Å²) >= 11 is 6.24. The van der Waals surface area contributed by atoms with E-state index >= 15 is 0 Å². The van der Waals surface area contributed by atoms with E-state index in [9.17, 15) is 9.18 Å². The van der Waals surface area contributed by atoms with Gasteiger partial charge in [-0.2, -0.15) is 0 Å². The summed E-state index contributed by atoms with van der Waals surface area (Å²) in [4.78, 5) is 17.8. The zero-order valence-corrected chi connectivity index (χ0v) is 16.2. The van der Waals surface area contributed by atoms with Gasteiger partial charge in [0.2, 0.25) is 0 Å². The molecule has 4 aromatic rings. The lowest BCUT2D eigenvalue weighted by molar-refractivity contribution is 0.415. The van der Waals surface area contributed by atoms with Crippen LogP contribution in [0.25, 0.3) is 28.7 Å². The quantitative estimate of drug-likeness (QED) is 0.458. The van der Waals surface area contributed by atoms with Crippen LogP contribution < -0.4 is 10.3 Å². The second-order valence-electron chi connectivity index (χ2n) is 6.33. The van der Waals surface area contributed by atoms with Gasteiger partial charge in [-0.25, -0.2) is 9.37 Å². The number of halogens is 2. The summed E-state index contributed by atoms with van der Waals surface area (Å²) in [6.07, 6.45) is 3.57. The summed E-state index contributed by atoms with van der Waals surface area (Å²) in [5.74, 6) is 0.662. The number of para-hydroxylation sites is 1. The molecule has 4 nitrogen and oxygen atoms in total. The van der Waals surface area contributed by atoms with E-state index in [2.05, 4.69) is 4.98 Å². The van der Waals surface area contributed by atoms with E-state index < -0.39 is 5.82 Å². The SMILES string of the molecule is COc1ccc(C=Cc2nc3ccccc3c(=O)n2-c2ccc(F)cc2Cl)cc1. The van der Waals surface area contributed by atoms with Crippen molar-refractivity contribution in [1.82, 2.24) is 9.55 Å². The van der Waals surface area contributed by atoms with Gasteiger partial charge in [0.05, 0.1) is 28.7 Å². The monoisotopic (exact) mass is 406 g/mol. The van der Waals surface area contributed by atoms with Crippen molar-refractivity contribution < 1.29 is 9.13 Å². The zero-order chi connectivity index (χ0) is 20.4. The zero-order valence-electron chi connectivity index (χ0n) is 15.5. The Hall–Kier alpha value is -3.44. The largest absolute Gasteiger partial charge is 0.497 e. The molecule has 29 heavy (non-hydrogen) atoms. The minimum absolute atomic E-state index is 0.128. The maximum Gasteiger partial charge on any atom is 0.266 e. The molecule has 0 aliphatic carbocycles. The fraction of sp³-hybridized carbons (Fsp3) is 0.0435. The summed E-state index contributed by atoms with van der Waals surface area (Å²) in [5.41, 5.74) is 1.57. The minimum Gasteiger partial charge on any atom is -0.497 e. The van der Waals surface area contributed by atoms with E-state index in [0.717, 1.165) is 11.3 Å². The van der Waals surface area contributed by atoms with Crippen LogP contribution >= 0.6 is 11.6 Å². The molecule has 0 unspecified atom stereocenters. The first-order valence-corrected chi connectivity index (χ1v) is 9.24. The van der Waals surface area contributed by atoms with Gasteiger partial charge >= 0.3 is 0 Å². The molecular formula is C23H16ClFN2O2. The molecule has 0 bridgehead atoms. The van der Waals surface area contributed by atoms with Crippen LogP contribution in [-0.2, 0) is 0 Å². The number of rotatable bonds is 4. The smallest absolute Gasteiger partial charge is 0.266 e. The topological polar surface area (TPSA) is 44.1 Å². The van der Waals surface area contributed by atoms with Crippen LogP contribution in [0.15, 0.2) is 71.5 Å². The van der Waals surface area contributed by atoms with Gasteiger partial charge in [-0.15, -0.1) is 0 Å². The molecular weight excluding hydrogens is 391 g/mol. The second-order valence-corrected chi connectivity index (χ2v) is 6.74. The number of nitrogens with zero attached hydrogens (tertiary/aromatic N) is 2. The van der Waals surface area contributed by atoms with Gasteiger partial charge in [0.25, 0.3) is 5.56 Å². The molecule has 4 rings (SSSR count). The first kappa shape index (κ1) is 18.9. The molecule has 0 fully saturated rings. The maximum atomic E-state index is 13.5. The molecule has 0 N–H and O–H groups in total. The van der Waals surface area contributed by atoms with Gasteiger partial charge in [0.15, 0.2) is 0 Å². The van der Waals surface area contributed by atoms with Gasteiger partial charge in [0.1, 0.15) is 17.4 Å². The molecule has 0 spiro atoms. The third-order valence-corrected chi connectivity index (χ3v) is 4.80. The standard InChI is InChI=1S/C23H16ClFN2O2/c1-29-17-10-6-15(7-11-17)8-13-22-26-20-5-3-2-4-18(20)23(28)27(22)21-12-9-16(25)14-19(21)24/h2-14H,1H3. The first-order chi connectivity index (χ1) is 14.1. The summed E-state index contributed by atoms with van der Waals surface area (Å²) in [5, 5.41) is 0.581. The Kier molecular flexibility index (Phi) is 5.14. The van der Waals surface area contributed by atoms with Gasteiger partial charge in [0, 0.05) is 0 Å². The third kappa shape index (κ3) is 3.77. The minimum atomic E-state index is -0.476. The van der Waals surface area contributed by atoms with Gasteiger partial charge in [-0.05, 0) is 54.1 Å². The Balaban J connectivity index is 1.91. The summed E-state index contributed by atoms with van der Waals surface area (Å²) < 4.78 is 20.1. The van der Waals surface area contributed by atoms with Crippen molar-refractivity contribution in [3.05, 3.63) is 99.3 Å². The molecule has 0 saturated carbocycles. The van der Waals surface area contributed by atoms with Crippen LogP contribution in [0.3, 0.4) is 0 Å². The number of methoxy groups -OCH3 is 1.